The van der Waals surface area contributed by atoms with Crippen LogP contribution in [0.25, 0.3) is 11.3 Å². The van der Waals surface area contributed by atoms with Gasteiger partial charge in [-0.2, -0.15) is 5.10 Å². The number of carbonyl (C=O) groups is 3. The highest BCUT2D eigenvalue weighted by Gasteiger charge is 2.38. The van der Waals surface area contributed by atoms with E-state index in [1.165, 1.54) is 13.0 Å². The second kappa shape index (κ2) is 11.3. The number of allylic oxidation sites excluding steroid dienone is 1. The molecule has 0 bridgehead atoms. The number of carbonyl (C=O) groups excluding carboxylic acids is 1. The van der Waals surface area contributed by atoms with E-state index in [1.807, 2.05) is 47.5 Å². The van der Waals surface area contributed by atoms with Crippen molar-refractivity contribution in [2.45, 2.75) is 39.7 Å². The maximum absolute atomic E-state index is 12.1. The van der Waals surface area contributed by atoms with Crippen molar-refractivity contribution in [3.63, 3.8) is 0 Å². The standard InChI is InChI=1S/C18H26N2O6.C9H8N2/c1-17(2,3)26-16(25)20-7-5-19(6-8-20)13-9-12(14(21)22)10-18(4,11-13)15(23)24;1-2-4-8(5-3-1)9-6-7-10-11-9/h9,11H,5-8,10H2,1-4H3,(H,21,22)(H,23,24);1-7H,(H,10,11). The predicted molar refractivity (Wildman–Crippen MR) is 138 cm³/mol. The number of nitrogens with zero attached hydrogens (tertiary/aromatic N) is 3. The van der Waals surface area contributed by atoms with Crippen LogP contribution in [-0.4, -0.2) is 80.0 Å². The van der Waals surface area contributed by atoms with Gasteiger partial charge in [0, 0.05) is 49.2 Å². The number of benzene rings is 1. The number of ether oxygens (including phenoxy) is 1. The highest BCUT2D eigenvalue weighted by atomic mass is 16.6. The van der Waals surface area contributed by atoms with Crippen LogP contribution >= 0.6 is 0 Å². The molecule has 10 heteroatoms. The van der Waals surface area contributed by atoms with Crippen LogP contribution in [0.1, 0.15) is 34.1 Å². The average Bonchev–Trinajstić information content (AvgIpc) is 3.39. The monoisotopic (exact) mass is 510 g/mol. The minimum atomic E-state index is -1.26. The molecule has 37 heavy (non-hydrogen) atoms. The Morgan fingerprint density at radius 3 is 2.19 bits per heavy atom. The van der Waals surface area contributed by atoms with Crippen molar-refractivity contribution >= 4 is 18.0 Å². The number of hydrogen-bond donors (Lipinski definition) is 3. The molecule has 4 rings (SSSR count). The molecule has 2 aromatic rings. The summed E-state index contributed by atoms with van der Waals surface area (Å²) in [6.45, 7) is 8.73. The lowest BCUT2D eigenvalue weighted by Crippen LogP contribution is -2.50. The maximum Gasteiger partial charge on any atom is 0.410 e. The number of carboxylic acids is 2. The molecule has 198 valence electrons. The second-order valence-electron chi connectivity index (χ2n) is 10.2. The van der Waals surface area contributed by atoms with Gasteiger partial charge in [-0.15, -0.1) is 0 Å². The Bertz CT molecular complexity index is 1160. The van der Waals surface area contributed by atoms with Gasteiger partial charge in [-0.3, -0.25) is 9.89 Å². The van der Waals surface area contributed by atoms with E-state index in [4.69, 9.17) is 4.74 Å². The van der Waals surface area contributed by atoms with Gasteiger partial charge in [0.05, 0.1) is 11.1 Å². The molecule has 3 N–H and O–H groups in total. The first kappa shape index (κ1) is 27.5. The number of rotatable bonds is 4. The smallest absolute Gasteiger partial charge is 0.410 e. The molecule has 1 aromatic carbocycles. The number of H-pyrrole nitrogens is 1. The third kappa shape index (κ3) is 7.45. The molecular formula is C27H34N4O6. The molecule has 10 nitrogen and oxygen atoms in total. The molecular weight excluding hydrogens is 476 g/mol. The lowest BCUT2D eigenvalue weighted by Gasteiger charge is -2.39. The number of carboxylic acid groups (broad SMARTS) is 2. The topological polar surface area (TPSA) is 136 Å². The van der Waals surface area contributed by atoms with Crippen molar-refractivity contribution in [2.24, 2.45) is 5.41 Å². The molecule has 1 saturated heterocycles. The molecule has 2 aliphatic rings. The number of aliphatic carboxylic acids is 2. The van der Waals surface area contributed by atoms with E-state index >= 15 is 0 Å². The first-order valence-electron chi connectivity index (χ1n) is 12.1. The number of nitrogens with one attached hydrogen (secondary N) is 1. The minimum absolute atomic E-state index is 0.0565. The number of piperazine rings is 1. The molecule has 0 radical (unpaired) electrons. The summed E-state index contributed by atoms with van der Waals surface area (Å²) in [6, 6.07) is 12.0. The quantitative estimate of drug-likeness (QED) is 0.561. The zero-order valence-electron chi connectivity index (χ0n) is 21.6. The predicted octanol–water partition coefficient (Wildman–Crippen LogP) is 4.01. The van der Waals surface area contributed by atoms with Crippen molar-refractivity contribution < 1.29 is 29.3 Å². The largest absolute Gasteiger partial charge is 0.481 e. The van der Waals surface area contributed by atoms with Crippen molar-refractivity contribution in [1.29, 1.82) is 0 Å². The Labute approximate surface area is 216 Å². The zero-order chi connectivity index (χ0) is 27.2. The number of aromatic amines is 1. The lowest BCUT2D eigenvalue weighted by atomic mass is 9.79. The summed E-state index contributed by atoms with van der Waals surface area (Å²) in [5.41, 5.74) is 0.951. The number of aromatic nitrogens is 2. The van der Waals surface area contributed by atoms with Crippen LogP contribution in [0.2, 0.25) is 0 Å². The number of amides is 1. The normalized spacial score (nSPS) is 19.7. The van der Waals surface area contributed by atoms with E-state index in [0.717, 1.165) is 11.3 Å². The molecule has 1 fully saturated rings. The Kier molecular flexibility index (Phi) is 8.42. The number of hydrogen-bond acceptors (Lipinski definition) is 6. The van der Waals surface area contributed by atoms with Crippen molar-refractivity contribution in [3.8, 4) is 11.3 Å². The second-order valence-corrected chi connectivity index (χ2v) is 10.2. The minimum Gasteiger partial charge on any atom is -0.481 e. The molecule has 1 atom stereocenters. The van der Waals surface area contributed by atoms with Crippen molar-refractivity contribution in [3.05, 3.63) is 66.0 Å². The fourth-order valence-corrected chi connectivity index (χ4v) is 4.01. The van der Waals surface area contributed by atoms with Crippen LogP contribution in [-0.2, 0) is 14.3 Å². The van der Waals surface area contributed by atoms with Crippen LogP contribution in [0.15, 0.2) is 66.0 Å². The van der Waals surface area contributed by atoms with Crippen LogP contribution in [0.5, 0.6) is 0 Å². The summed E-state index contributed by atoms with van der Waals surface area (Å²) < 4.78 is 5.36. The summed E-state index contributed by atoms with van der Waals surface area (Å²) in [4.78, 5) is 38.6. The SMILES string of the molecule is CC(C)(C)OC(=O)N1CCN(C2=CC(C)(C(=O)O)CC(C(=O)O)=C2)CC1.c1ccc(-c2cc[nH]n2)cc1. The van der Waals surface area contributed by atoms with Gasteiger partial charge in [0.15, 0.2) is 0 Å². The average molecular weight is 511 g/mol. The summed E-state index contributed by atoms with van der Waals surface area (Å²) >= 11 is 0. The third-order valence-electron chi connectivity index (χ3n) is 5.98. The van der Waals surface area contributed by atoms with E-state index in [0.29, 0.717) is 31.9 Å². The third-order valence-corrected chi connectivity index (χ3v) is 5.98. The van der Waals surface area contributed by atoms with Crippen molar-refractivity contribution in [2.75, 3.05) is 26.2 Å². The van der Waals surface area contributed by atoms with E-state index in [9.17, 15) is 24.6 Å². The fraction of sp³-hybridized carbons (Fsp3) is 0.407. The summed E-state index contributed by atoms with van der Waals surface area (Å²) in [5.74, 6) is -2.18. The fourth-order valence-electron chi connectivity index (χ4n) is 4.01. The molecule has 0 saturated carbocycles. The van der Waals surface area contributed by atoms with Gasteiger partial charge in [-0.1, -0.05) is 30.3 Å². The molecule has 1 aliphatic carbocycles. The Balaban J connectivity index is 0.000000284. The van der Waals surface area contributed by atoms with E-state index in [1.54, 1.807) is 31.7 Å². The Hall–Kier alpha value is -4.08. The summed E-state index contributed by atoms with van der Waals surface area (Å²) in [7, 11) is 0. The Morgan fingerprint density at radius 2 is 1.68 bits per heavy atom. The first-order chi connectivity index (χ1) is 17.4. The van der Waals surface area contributed by atoms with Gasteiger partial charge >= 0.3 is 18.0 Å². The Morgan fingerprint density at radius 1 is 1.03 bits per heavy atom. The molecule has 1 aliphatic heterocycles. The van der Waals surface area contributed by atoms with E-state index < -0.39 is 23.0 Å². The maximum atomic E-state index is 12.1. The van der Waals surface area contributed by atoms with Gasteiger partial charge < -0.3 is 24.7 Å². The van der Waals surface area contributed by atoms with E-state index in [2.05, 4.69) is 10.2 Å². The molecule has 1 aromatic heterocycles. The molecule has 1 amide bonds. The van der Waals surface area contributed by atoms with E-state index in [-0.39, 0.29) is 18.1 Å². The van der Waals surface area contributed by atoms with Gasteiger partial charge in [-0.25, -0.2) is 9.59 Å². The van der Waals surface area contributed by atoms with Crippen LogP contribution in [0.4, 0.5) is 4.79 Å². The highest BCUT2D eigenvalue weighted by molar-refractivity contribution is 5.90. The van der Waals surface area contributed by atoms with Gasteiger partial charge in [0.1, 0.15) is 5.60 Å². The first-order valence-corrected chi connectivity index (χ1v) is 12.1. The highest BCUT2D eigenvalue weighted by Crippen LogP contribution is 2.35. The molecule has 1 unspecified atom stereocenters. The van der Waals surface area contributed by atoms with Crippen LogP contribution in [0, 0.1) is 5.41 Å². The van der Waals surface area contributed by atoms with Crippen LogP contribution in [0.3, 0.4) is 0 Å². The van der Waals surface area contributed by atoms with Gasteiger partial charge in [0.2, 0.25) is 0 Å². The van der Waals surface area contributed by atoms with Gasteiger partial charge in [0.25, 0.3) is 0 Å². The lowest BCUT2D eigenvalue weighted by molar-refractivity contribution is -0.145. The zero-order valence-corrected chi connectivity index (χ0v) is 21.6. The summed E-state index contributed by atoms with van der Waals surface area (Å²) in [5, 5.41) is 25.6. The van der Waals surface area contributed by atoms with Crippen molar-refractivity contribution in [1.82, 2.24) is 20.0 Å². The summed E-state index contributed by atoms with van der Waals surface area (Å²) in [6.07, 6.45) is 4.51. The molecule has 0 spiro atoms. The van der Waals surface area contributed by atoms with Crippen LogP contribution < -0.4 is 0 Å². The molecule has 2 heterocycles. The van der Waals surface area contributed by atoms with Gasteiger partial charge in [-0.05, 0) is 52.3 Å².